The summed E-state index contributed by atoms with van der Waals surface area (Å²) in [7, 11) is 0. The molecule has 0 amide bonds. The predicted molar refractivity (Wildman–Crippen MR) is 77.6 cm³/mol. The maximum Gasteiger partial charge on any atom is 0.0636 e. The molecule has 0 saturated heterocycles. The van der Waals surface area contributed by atoms with Crippen LogP contribution in [0.15, 0.2) is 29.2 Å². The second-order valence-corrected chi connectivity index (χ2v) is 6.30. The molecule has 3 heteroatoms. The fourth-order valence-corrected chi connectivity index (χ4v) is 3.58. The summed E-state index contributed by atoms with van der Waals surface area (Å²) in [4.78, 5) is 1.21. The van der Waals surface area contributed by atoms with Crippen LogP contribution < -0.4 is 5.73 Å². The van der Waals surface area contributed by atoms with Gasteiger partial charge in [-0.2, -0.15) is 0 Å². The SMILES string of the molecule is NCc1cccc(SCC(O)CC2CCCC2)c1. The van der Waals surface area contributed by atoms with Crippen molar-refractivity contribution in [2.75, 3.05) is 5.75 Å². The van der Waals surface area contributed by atoms with Crippen LogP contribution in [0.5, 0.6) is 0 Å². The van der Waals surface area contributed by atoms with Crippen molar-refractivity contribution in [2.45, 2.75) is 49.6 Å². The molecule has 1 saturated carbocycles. The van der Waals surface area contributed by atoms with Crippen molar-refractivity contribution in [2.24, 2.45) is 11.7 Å². The van der Waals surface area contributed by atoms with Crippen LogP contribution in [0.1, 0.15) is 37.7 Å². The molecule has 3 N–H and O–H groups in total. The quantitative estimate of drug-likeness (QED) is 0.777. The Kier molecular flexibility index (Phi) is 5.54. The molecule has 1 aliphatic carbocycles. The molecule has 0 radical (unpaired) electrons. The highest BCUT2D eigenvalue weighted by atomic mass is 32.2. The fraction of sp³-hybridized carbons (Fsp3) is 0.600. The van der Waals surface area contributed by atoms with Gasteiger partial charge in [0.25, 0.3) is 0 Å². The fourth-order valence-electron chi connectivity index (χ4n) is 2.65. The maximum atomic E-state index is 10.1. The molecule has 100 valence electrons. The third kappa shape index (κ3) is 4.30. The molecule has 0 heterocycles. The zero-order valence-corrected chi connectivity index (χ0v) is 11.7. The third-order valence-corrected chi connectivity index (χ3v) is 4.80. The smallest absolute Gasteiger partial charge is 0.0636 e. The number of thioether (sulfide) groups is 1. The number of aliphatic hydroxyl groups excluding tert-OH is 1. The Morgan fingerprint density at radius 1 is 1.33 bits per heavy atom. The van der Waals surface area contributed by atoms with Crippen LogP contribution in [0.25, 0.3) is 0 Å². The largest absolute Gasteiger partial charge is 0.392 e. The summed E-state index contributed by atoms with van der Waals surface area (Å²) in [6.45, 7) is 0.582. The highest BCUT2D eigenvalue weighted by molar-refractivity contribution is 7.99. The Bertz CT molecular complexity index is 363. The van der Waals surface area contributed by atoms with Gasteiger partial charge >= 0.3 is 0 Å². The van der Waals surface area contributed by atoms with Gasteiger partial charge in [0.15, 0.2) is 0 Å². The lowest BCUT2D eigenvalue weighted by Crippen LogP contribution is -2.14. The topological polar surface area (TPSA) is 46.2 Å². The van der Waals surface area contributed by atoms with Gasteiger partial charge in [0, 0.05) is 17.2 Å². The first kappa shape index (κ1) is 13.9. The van der Waals surface area contributed by atoms with Crippen molar-refractivity contribution in [3.05, 3.63) is 29.8 Å². The average molecular weight is 265 g/mol. The first-order valence-electron chi connectivity index (χ1n) is 6.88. The molecule has 0 aromatic heterocycles. The van der Waals surface area contributed by atoms with Crippen LogP contribution in [-0.2, 0) is 6.54 Å². The molecule has 1 unspecified atom stereocenters. The summed E-state index contributed by atoms with van der Waals surface area (Å²) in [5.74, 6) is 1.56. The molecule has 2 nitrogen and oxygen atoms in total. The van der Waals surface area contributed by atoms with Crippen molar-refractivity contribution in [3.8, 4) is 0 Å². The summed E-state index contributed by atoms with van der Waals surface area (Å²) >= 11 is 1.74. The van der Waals surface area contributed by atoms with E-state index >= 15 is 0 Å². The van der Waals surface area contributed by atoms with Gasteiger partial charge in [-0.3, -0.25) is 0 Å². The van der Waals surface area contributed by atoms with Gasteiger partial charge in [0.1, 0.15) is 0 Å². The minimum Gasteiger partial charge on any atom is -0.392 e. The Hall–Kier alpha value is -0.510. The van der Waals surface area contributed by atoms with E-state index in [4.69, 9.17) is 5.73 Å². The Morgan fingerprint density at radius 2 is 2.11 bits per heavy atom. The van der Waals surface area contributed by atoms with E-state index in [0.29, 0.717) is 6.54 Å². The van der Waals surface area contributed by atoms with Gasteiger partial charge < -0.3 is 10.8 Å². The zero-order chi connectivity index (χ0) is 12.8. The monoisotopic (exact) mass is 265 g/mol. The van der Waals surface area contributed by atoms with Crippen LogP contribution in [0, 0.1) is 5.92 Å². The molecule has 0 bridgehead atoms. The summed E-state index contributed by atoms with van der Waals surface area (Å²) < 4.78 is 0. The van der Waals surface area contributed by atoms with Crippen LogP contribution >= 0.6 is 11.8 Å². The van der Waals surface area contributed by atoms with Gasteiger partial charge in [-0.25, -0.2) is 0 Å². The van der Waals surface area contributed by atoms with Crippen LogP contribution in [0.3, 0.4) is 0 Å². The Labute approximate surface area is 114 Å². The van der Waals surface area contributed by atoms with E-state index in [1.165, 1.54) is 30.6 Å². The highest BCUT2D eigenvalue weighted by Gasteiger charge is 2.18. The van der Waals surface area contributed by atoms with Crippen molar-refractivity contribution >= 4 is 11.8 Å². The standard InChI is InChI=1S/C15H23NOS/c16-10-13-6-3-7-15(9-13)18-11-14(17)8-12-4-1-2-5-12/h3,6-7,9,12,14,17H,1-2,4-5,8,10-11,16H2. The van der Waals surface area contributed by atoms with Gasteiger partial charge in [-0.15, -0.1) is 11.8 Å². The molecular formula is C15H23NOS. The van der Waals surface area contributed by atoms with Gasteiger partial charge in [-0.05, 0) is 30.0 Å². The minimum absolute atomic E-state index is 0.167. The first-order chi connectivity index (χ1) is 8.78. The van der Waals surface area contributed by atoms with Crippen LogP contribution in [-0.4, -0.2) is 17.0 Å². The number of hydrogen-bond donors (Lipinski definition) is 2. The normalized spacial score (nSPS) is 18.1. The van der Waals surface area contributed by atoms with E-state index < -0.39 is 0 Å². The Balaban J connectivity index is 1.75. The van der Waals surface area contributed by atoms with E-state index in [1.54, 1.807) is 11.8 Å². The van der Waals surface area contributed by atoms with Crippen molar-refractivity contribution in [3.63, 3.8) is 0 Å². The molecule has 1 fully saturated rings. The maximum absolute atomic E-state index is 10.1. The second-order valence-electron chi connectivity index (χ2n) is 5.20. The van der Waals surface area contributed by atoms with E-state index in [1.807, 2.05) is 12.1 Å². The molecule has 1 aliphatic rings. The first-order valence-corrected chi connectivity index (χ1v) is 7.86. The summed E-state index contributed by atoms with van der Waals surface area (Å²) in [5, 5.41) is 10.1. The Morgan fingerprint density at radius 3 is 2.83 bits per heavy atom. The lowest BCUT2D eigenvalue weighted by molar-refractivity contribution is 0.166. The number of benzene rings is 1. The molecular weight excluding hydrogens is 242 g/mol. The van der Waals surface area contributed by atoms with E-state index in [2.05, 4.69) is 12.1 Å². The lowest BCUT2D eigenvalue weighted by atomic mass is 10.0. The molecule has 0 aliphatic heterocycles. The lowest BCUT2D eigenvalue weighted by Gasteiger charge is -2.15. The van der Waals surface area contributed by atoms with Crippen molar-refractivity contribution in [1.29, 1.82) is 0 Å². The second kappa shape index (κ2) is 7.17. The third-order valence-electron chi connectivity index (χ3n) is 3.66. The summed E-state index contributed by atoms with van der Waals surface area (Å²) in [6.07, 6.45) is 6.13. The predicted octanol–water partition coefficient (Wildman–Crippen LogP) is 3.18. The number of aliphatic hydroxyl groups is 1. The highest BCUT2D eigenvalue weighted by Crippen LogP contribution is 2.30. The van der Waals surface area contributed by atoms with Crippen LogP contribution in [0.2, 0.25) is 0 Å². The van der Waals surface area contributed by atoms with E-state index in [0.717, 1.165) is 23.7 Å². The van der Waals surface area contributed by atoms with Gasteiger partial charge in [-0.1, -0.05) is 37.8 Å². The van der Waals surface area contributed by atoms with E-state index in [9.17, 15) is 5.11 Å². The molecule has 2 rings (SSSR count). The minimum atomic E-state index is -0.167. The number of nitrogens with two attached hydrogens (primary N) is 1. The van der Waals surface area contributed by atoms with E-state index in [-0.39, 0.29) is 6.10 Å². The van der Waals surface area contributed by atoms with Crippen molar-refractivity contribution < 1.29 is 5.11 Å². The summed E-state index contributed by atoms with van der Waals surface area (Å²) in [6, 6.07) is 8.28. The molecule has 1 atom stereocenters. The molecule has 1 aromatic carbocycles. The summed E-state index contributed by atoms with van der Waals surface area (Å²) in [5.41, 5.74) is 6.78. The van der Waals surface area contributed by atoms with Gasteiger partial charge in [0.2, 0.25) is 0 Å². The number of hydrogen-bond acceptors (Lipinski definition) is 3. The zero-order valence-electron chi connectivity index (χ0n) is 10.8. The van der Waals surface area contributed by atoms with Gasteiger partial charge in [0.05, 0.1) is 6.10 Å². The van der Waals surface area contributed by atoms with Crippen molar-refractivity contribution in [1.82, 2.24) is 0 Å². The molecule has 1 aromatic rings. The van der Waals surface area contributed by atoms with Crippen LogP contribution in [0.4, 0.5) is 0 Å². The number of rotatable bonds is 6. The molecule has 0 spiro atoms. The molecule has 18 heavy (non-hydrogen) atoms. The average Bonchev–Trinajstić information content (AvgIpc) is 2.89.